The number of amides is 2. The number of ether oxygens (including phenoxy) is 1. The van der Waals surface area contributed by atoms with Crippen LogP contribution in [0.4, 0.5) is 17.1 Å². The van der Waals surface area contributed by atoms with Crippen molar-refractivity contribution in [1.82, 2.24) is 5.43 Å². The van der Waals surface area contributed by atoms with E-state index in [1.807, 2.05) is 63.2 Å². The number of hydrogen-bond donors (Lipinski definition) is 2. The van der Waals surface area contributed by atoms with Crippen LogP contribution in [0.3, 0.4) is 0 Å². The molecule has 5 rings (SSSR count). The first-order chi connectivity index (χ1) is 21.4. The van der Waals surface area contributed by atoms with Crippen LogP contribution >= 0.6 is 58.2 Å². The number of para-hydroxylation sites is 1. The second-order valence-corrected chi connectivity index (χ2v) is 13.3. The van der Waals surface area contributed by atoms with E-state index in [1.165, 1.54) is 28.9 Å². The quantitative estimate of drug-likeness (QED) is 0.191. The number of aryl methyl sites for hydroxylation is 3. The van der Waals surface area contributed by atoms with Crippen LogP contribution in [0, 0.1) is 20.8 Å². The average Bonchev–Trinajstić information content (AvgIpc) is 3.26. The monoisotopic (exact) mass is 700 g/mol. The summed E-state index contributed by atoms with van der Waals surface area (Å²) in [6.45, 7) is 7.53. The number of anilines is 2. The Bertz CT molecular complexity index is 1810. The highest BCUT2D eigenvalue weighted by Gasteiger charge is 2.41. The molecular weight excluding hydrogens is 674 g/mol. The first-order valence-electron chi connectivity index (χ1n) is 13.8. The van der Waals surface area contributed by atoms with Crippen LogP contribution in [0.5, 0.6) is 5.75 Å². The lowest BCUT2D eigenvalue weighted by Crippen LogP contribution is -2.36. The van der Waals surface area contributed by atoms with E-state index in [0.29, 0.717) is 37.9 Å². The number of aliphatic imine (C=N–C) groups is 1. The van der Waals surface area contributed by atoms with Crippen molar-refractivity contribution in [2.75, 3.05) is 10.3 Å². The standard InChI is InChI=1S/C33H28Cl4N4O3S/c1-17-10-12-27(19(3)13-17)44-20(4)32(42)39-25-7-5-6-8-28(25)45-30-31(38-26-14-18(2)9-11-22(26)35)40-41(33(30)43)29-23(36)15-21(34)16-24(29)37/h5-16,20,30H,1-4H3,(H,38,40)(H,39,42). The summed E-state index contributed by atoms with van der Waals surface area (Å²) in [5, 5.41) is 4.42. The molecule has 1 aliphatic rings. The number of carbonyl (C=O) groups excluding carboxylic acids is 2. The van der Waals surface area contributed by atoms with E-state index in [0.717, 1.165) is 16.7 Å². The molecule has 1 heterocycles. The van der Waals surface area contributed by atoms with Crippen LogP contribution in [0.15, 0.2) is 82.7 Å². The van der Waals surface area contributed by atoms with Gasteiger partial charge in [-0.3, -0.25) is 15.0 Å². The van der Waals surface area contributed by atoms with Gasteiger partial charge in [-0.05, 0) is 81.3 Å². The van der Waals surface area contributed by atoms with Gasteiger partial charge in [-0.25, -0.2) is 10.0 Å². The van der Waals surface area contributed by atoms with Crippen molar-refractivity contribution in [3.63, 3.8) is 0 Å². The second-order valence-electron chi connectivity index (χ2n) is 10.5. The molecule has 7 nitrogen and oxygen atoms in total. The molecule has 4 aromatic carbocycles. The number of carbonyl (C=O) groups is 2. The average molecular weight is 702 g/mol. The van der Waals surface area contributed by atoms with Gasteiger partial charge < -0.3 is 10.1 Å². The molecule has 1 fully saturated rings. The smallest absolute Gasteiger partial charge is 0.267 e. The number of amidine groups is 1. The maximum Gasteiger partial charge on any atom is 0.267 e. The van der Waals surface area contributed by atoms with Gasteiger partial charge in [0, 0.05) is 9.92 Å². The Labute approximate surface area is 285 Å². The van der Waals surface area contributed by atoms with Gasteiger partial charge in [0.15, 0.2) is 6.10 Å². The Morgan fingerprint density at radius 3 is 2.31 bits per heavy atom. The van der Waals surface area contributed by atoms with E-state index in [4.69, 9.17) is 56.1 Å². The highest BCUT2D eigenvalue weighted by Crippen LogP contribution is 2.41. The van der Waals surface area contributed by atoms with E-state index in [-0.39, 0.29) is 27.5 Å². The first kappa shape index (κ1) is 33.0. The molecule has 2 amide bonds. The zero-order valence-corrected chi connectivity index (χ0v) is 28.5. The molecule has 232 valence electrons. The van der Waals surface area contributed by atoms with Gasteiger partial charge in [0.25, 0.3) is 11.8 Å². The third kappa shape index (κ3) is 7.54. The van der Waals surface area contributed by atoms with Gasteiger partial charge in [-0.2, -0.15) is 0 Å². The Balaban J connectivity index is 1.46. The van der Waals surface area contributed by atoms with Crippen LogP contribution in [-0.4, -0.2) is 29.0 Å². The van der Waals surface area contributed by atoms with E-state index in [2.05, 4.69) is 10.7 Å². The van der Waals surface area contributed by atoms with E-state index >= 15 is 0 Å². The van der Waals surface area contributed by atoms with Crippen molar-refractivity contribution in [2.45, 2.75) is 43.9 Å². The Morgan fingerprint density at radius 2 is 1.60 bits per heavy atom. The van der Waals surface area contributed by atoms with Crippen molar-refractivity contribution >= 4 is 92.9 Å². The van der Waals surface area contributed by atoms with Gasteiger partial charge in [0.1, 0.15) is 22.5 Å². The van der Waals surface area contributed by atoms with E-state index < -0.39 is 11.4 Å². The lowest BCUT2D eigenvalue weighted by atomic mass is 10.1. The summed E-state index contributed by atoms with van der Waals surface area (Å²) in [5.41, 5.74) is 7.27. The van der Waals surface area contributed by atoms with Gasteiger partial charge in [-0.1, -0.05) is 82.3 Å². The number of thioether (sulfide) groups is 1. The second kappa shape index (κ2) is 13.9. The summed E-state index contributed by atoms with van der Waals surface area (Å²) < 4.78 is 5.97. The fraction of sp³-hybridized carbons (Fsp3) is 0.182. The lowest BCUT2D eigenvalue weighted by Gasteiger charge is -2.19. The molecule has 0 radical (unpaired) electrons. The molecule has 12 heteroatoms. The van der Waals surface area contributed by atoms with Crippen LogP contribution < -0.4 is 20.5 Å². The number of nitrogens with zero attached hydrogens (tertiary/aromatic N) is 2. The normalized spacial score (nSPS) is 16.1. The maximum absolute atomic E-state index is 14.0. The largest absolute Gasteiger partial charge is 0.481 e. The number of hydrazine groups is 1. The van der Waals surface area contributed by atoms with Crippen molar-refractivity contribution in [1.29, 1.82) is 0 Å². The summed E-state index contributed by atoms with van der Waals surface area (Å²) >= 11 is 26.8. The van der Waals surface area contributed by atoms with Crippen molar-refractivity contribution < 1.29 is 14.3 Å². The maximum atomic E-state index is 14.0. The minimum absolute atomic E-state index is 0.178. The molecule has 2 unspecified atom stereocenters. The third-order valence-corrected chi connectivity index (χ3v) is 9.24. The molecule has 2 atom stereocenters. The third-order valence-electron chi connectivity index (χ3n) is 6.86. The topological polar surface area (TPSA) is 83.0 Å². The summed E-state index contributed by atoms with van der Waals surface area (Å²) in [6, 6.07) is 21.4. The summed E-state index contributed by atoms with van der Waals surface area (Å²) in [4.78, 5) is 32.7. The van der Waals surface area contributed by atoms with Crippen molar-refractivity contribution in [3.05, 3.63) is 110 Å². The highest BCUT2D eigenvalue weighted by atomic mass is 35.5. The van der Waals surface area contributed by atoms with Gasteiger partial charge in [0.2, 0.25) is 0 Å². The van der Waals surface area contributed by atoms with Crippen molar-refractivity contribution in [2.24, 2.45) is 4.99 Å². The molecule has 0 aromatic heterocycles. The number of nitrogens with one attached hydrogen (secondary N) is 2. The van der Waals surface area contributed by atoms with Crippen LogP contribution in [0.25, 0.3) is 0 Å². The van der Waals surface area contributed by atoms with E-state index in [9.17, 15) is 9.59 Å². The van der Waals surface area contributed by atoms with Crippen LogP contribution in [-0.2, 0) is 9.59 Å². The SMILES string of the molecule is Cc1ccc(OC(C)C(=O)Nc2ccccc2SC2C(=O)N(c3c(Cl)cc(Cl)cc3Cl)NC2=Nc2cc(C)ccc2Cl)c(C)c1. The summed E-state index contributed by atoms with van der Waals surface area (Å²) in [5.74, 6) is 0.193. The predicted molar refractivity (Wildman–Crippen MR) is 186 cm³/mol. The predicted octanol–water partition coefficient (Wildman–Crippen LogP) is 9.37. The number of benzene rings is 4. The lowest BCUT2D eigenvalue weighted by molar-refractivity contribution is -0.122. The number of hydrogen-bond acceptors (Lipinski definition) is 5. The van der Waals surface area contributed by atoms with E-state index in [1.54, 1.807) is 25.1 Å². The molecule has 0 saturated carbocycles. The molecule has 4 aromatic rings. The van der Waals surface area contributed by atoms with Gasteiger partial charge in [-0.15, -0.1) is 11.8 Å². The Morgan fingerprint density at radius 1 is 0.933 bits per heavy atom. The number of rotatable bonds is 8. The van der Waals surface area contributed by atoms with Gasteiger partial charge in [0.05, 0.1) is 26.4 Å². The van der Waals surface area contributed by atoms with Crippen LogP contribution in [0.1, 0.15) is 23.6 Å². The van der Waals surface area contributed by atoms with Gasteiger partial charge >= 0.3 is 0 Å². The molecule has 45 heavy (non-hydrogen) atoms. The fourth-order valence-corrected chi connectivity index (χ4v) is 6.84. The molecular formula is C33H28Cl4N4O3S. The fourth-order valence-electron chi connectivity index (χ4n) is 4.61. The Kier molecular flexibility index (Phi) is 10.2. The molecule has 0 bridgehead atoms. The van der Waals surface area contributed by atoms with Crippen LogP contribution in [0.2, 0.25) is 20.1 Å². The highest BCUT2D eigenvalue weighted by molar-refractivity contribution is 8.01. The number of halogens is 4. The Hall–Kier alpha value is -3.40. The minimum atomic E-state index is -0.883. The summed E-state index contributed by atoms with van der Waals surface area (Å²) in [7, 11) is 0. The molecule has 0 aliphatic carbocycles. The molecule has 1 aliphatic heterocycles. The minimum Gasteiger partial charge on any atom is -0.481 e. The first-order valence-corrected chi connectivity index (χ1v) is 16.2. The zero-order valence-electron chi connectivity index (χ0n) is 24.6. The van der Waals surface area contributed by atoms with Crippen molar-refractivity contribution in [3.8, 4) is 5.75 Å². The summed E-state index contributed by atoms with van der Waals surface area (Å²) in [6.07, 6.45) is -0.787. The zero-order chi connectivity index (χ0) is 32.4. The molecule has 0 spiro atoms. The molecule has 2 N–H and O–H groups in total. The molecule has 1 saturated heterocycles.